The normalized spacial score (nSPS) is 10.3. The first kappa shape index (κ1) is 12.4. The molecule has 1 heterocycles. The Balaban J connectivity index is 2.35. The SMILES string of the molecule is Cc1ccc(Nc2c(N)cncc2Br)cc1Br. The van der Waals surface area contributed by atoms with Crippen molar-refractivity contribution in [2.75, 3.05) is 11.1 Å². The van der Waals surface area contributed by atoms with Gasteiger partial charge in [-0.2, -0.15) is 0 Å². The van der Waals surface area contributed by atoms with Crippen LogP contribution in [0.4, 0.5) is 17.1 Å². The van der Waals surface area contributed by atoms with Gasteiger partial charge in [0.2, 0.25) is 0 Å². The molecule has 1 aromatic carbocycles. The van der Waals surface area contributed by atoms with Crippen molar-refractivity contribution >= 4 is 48.9 Å². The van der Waals surface area contributed by atoms with Gasteiger partial charge in [-0.05, 0) is 40.5 Å². The van der Waals surface area contributed by atoms with E-state index in [1.54, 1.807) is 12.4 Å². The number of aromatic nitrogens is 1. The van der Waals surface area contributed by atoms with E-state index in [0.29, 0.717) is 5.69 Å². The molecule has 5 heteroatoms. The van der Waals surface area contributed by atoms with Crippen LogP contribution in [0.1, 0.15) is 5.56 Å². The third-order valence-corrected chi connectivity index (χ3v) is 3.83. The number of anilines is 3. The monoisotopic (exact) mass is 355 g/mol. The highest BCUT2D eigenvalue weighted by atomic mass is 79.9. The number of hydrogen-bond donors (Lipinski definition) is 2. The molecular formula is C12H11Br2N3. The number of aryl methyl sites for hydroxylation is 1. The molecule has 17 heavy (non-hydrogen) atoms. The Morgan fingerprint density at radius 1 is 1.18 bits per heavy atom. The summed E-state index contributed by atoms with van der Waals surface area (Å²) in [7, 11) is 0. The Kier molecular flexibility index (Phi) is 3.69. The van der Waals surface area contributed by atoms with Gasteiger partial charge in [0.15, 0.2) is 0 Å². The summed E-state index contributed by atoms with van der Waals surface area (Å²) >= 11 is 6.92. The van der Waals surface area contributed by atoms with Gasteiger partial charge in [0.25, 0.3) is 0 Å². The number of benzene rings is 1. The van der Waals surface area contributed by atoms with E-state index >= 15 is 0 Å². The van der Waals surface area contributed by atoms with E-state index in [9.17, 15) is 0 Å². The first-order valence-corrected chi connectivity index (χ1v) is 6.58. The summed E-state index contributed by atoms with van der Waals surface area (Å²) < 4.78 is 1.90. The lowest BCUT2D eigenvalue weighted by atomic mass is 10.2. The highest BCUT2D eigenvalue weighted by Crippen LogP contribution is 2.31. The number of rotatable bonds is 2. The molecule has 1 aromatic heterocycles. The van der Waals surface area contributed by atoms with Crippen molar-refractivity contribution in [1.29, 1.82) is 0 Å². The molecule has 3 N–H and O–H groups in total. The van der Waals surface area contributed by atoms with Crippen molar-refractivity contribution in [3.8, 4) is 0 Å². The van der Waals surface area contributed by atoms with Crippen LogP contribution in [-0.4, -0.2) is 4.98 Å². The molecule has 0 unspecified atom stereocenters. The lowest BCUT2D eigenvalue weighted by Gasteiger charge is -2.11. The van der Waals surface area contributed by atoms with Crippen molar-refractivity contribution in [2.45, 2.75) is 6.92 Å². The summed E-state index contributed by atoms with van der Waals surface area (Å²) in [5.41, 5.74) is 9.47. The molecule has 88 valence electrons. The fourth-order valence-corrected chi connectivity index (χ4v) is 2.22. The van der Waals surface area contributed by atoms with Crippen molar-refractivity contribution < 1.29 is 0 Å². The lowest BCUT2D eigenvalue weighted by molar-refractivity contribution is 1.31. The molecule has 0 spiro atoms. The zero-order valence-corrected chi connectivity index (χ0v) is 12.3. The number of pyridine rings is 1. The Bertz CT molecular complexity index is 535. The zero-order valence-electron chi connectivity index (χ0n) is 9.17. The largest absolute Gasteiger partial charge is 0.396 e. The van der Waals surface area contributed by atoms with Crippen LogP contribution in [0.15, 0.2) is 39.5 Å². The van der Waals surface area contributed by atoms with Crippen LogP contribution in [-0.2, 0) is 0 Å². The highest BCUT2D eigenvalue weighted by Gasteiger charge is 2.05. The number of nitrogens with two attached hydrogens (primary N) is 1. The van der Waals surface area contributed by atoms with E-state index < -0.39 is 0 Å². The second-order valence-electron chi connectivity index (χ2n) is 3.67. The van der Waals surface area contributed by atoms with Gasteiger partial charge in [-0.3, -0.25) is 4.98 Å². The minimum absolute atomic E-state index is 0.607. The van der Waals surface area contributed by atoms with Gasteiger partial charge in [0.1, 0.15) is 0 Å². The van der Waals surface area contributed by atoms with Crippen molar-refractivity contribution in [2.24, 2.45) is 0 Å². The molecule has 0 radical (unpaired) electrons. The Labute approximate surface area is 117 Å². The molecule has 0 fully saturated rings. The molecule has 0 saturated heterocycles. The molecule has 0 saturated carbocycles. The van der Waals surface area contributed by atoms with Crippen LogP contribution in [0, 0.1) is 6.92 Å². The Morgan fingerprint density at radius 3 is 2.59 bits per heavy atom. The van der Waals surface area contributed by atoms with E-state index in [2.05, 4.69) is 42.2 Å². The quantitative estimate of drug-likeness (QED) is 0.846. The predicted octanol–water partition coefficient (Wildman–Crippen LogP) is 4.24. The van der Waals surface area contributed by atoms with E-state index in [4.69, 9.17) is 5.73 Å². The predicted molar refractivity (Wildman–Crippen MR) is 78.5 cm³/mol. The molecular weight excluding hydrogens is 346 g/mol. The van der Waals surface area contributed by atoms with E-state index in [0.717, 1.165) is 20.3 Å². The maximum atomic E-state index is 5.87. The molecule has 0 aliphatic heterocycles. The van der Waals surface area contributed by atoms with Gasteiger partial charge in [-0.15, -0.1) is 0 Å². The minimum atomic E-state index is 0.607. The number of hydrogen-bond acceptors (Lipinski definition) is 3. The molecule has 0 atom stereocenters. The van der Waals surface area contributed by atoms with Crippen LogP contribution in [0.25, 0.3) is 0 Å². The molecule has 2 rings (SSSR count). The van der Waals surface area contributed by atoms with Gasteiger partial charge in [0, 0.05) is 16.4 Å². The fraction of sp³-hybridized carbons (Fsp3) is 0.0833. The summed E-state index contributed by atoms with van der Waals surface area (Å²) in [5.74, 6) is 0. The Hall–Kier alpha value is -1.07. The number of nitrogen functional groups attached to an aromatic ring is 1. The topological polar surface area (TPSA) is 50.9 Å². The highest BCUT2D eigenvalue weighted by molar-refractivity contribution is 9.11. The molecule has 0 amide bonds. The molecule has 0 aliphatic rings. The van der Waals surface area contributed by atoms with Gasteiger partial charge >= 0.3 is 0 Å². The second-order valence-corrected chi connectivity index (χ2v) is 5.38. The van der Waals surface area contributed by atoms with E-state index in [1.807, 2.05) is 25.1 Å². The molecule has 0 aliphatic carbocycles. The van der Waals surface area contributed by atoms with Gasteiger partial charge in [-0.1, -0.05) is 22.0 Å². The van der Waals surface area contributed by atoms with E-state index in [-0.39, 0.29) is 0 Å². The first-order chi connectivity index (χ1) is 8.08. The van der Waals surface area contributed by atoms with Crippen LogP contribution in [0.2, 0.25) is 0 Å². The number of nitrogens with one attached hydrogen (secondary N) is 1. The molecule has 2 aromatic rings. The summed E-state index contributed by atoms with van der Waals surface area (Å²) in [4.78, 5) is 4.00. The maximum absolute atomic E-state index is 5.87. The van der Waals surface area contributed by atoms with Gasteiger partial charge in [-0.25, -0.2) is 0 Å². The summed E-state index contributed by atoms with van der Waals surface area (Å²) in [6, 6.07) is 6.06. The van der Waals surface area contributed by atoms with Crippen molar-refractivity contribution in [3.63, 3.8) is 0 Å². The third kappa shape index (κ3) is 2.79. The first-order valence-electron chi connectivity index (χ1n) is 5.00. The fourth-order valence-electron chi connectivity index (χ4n) is 1.40. The van der Waals surface area contributed by atoms with Crippen LogP contribution >= 0.6 is 31.9 Å². The van der Waals surface area contributed by atoms with Crippen molar-refractivity contribution in [1.82, 2.24) is 4.98 Å². The second kappa shape index (κ2) is 5.06. The Morgan fingerprint density at radius 2 is 1.94 bits per heavy atom. The maximum Gasteiger partial charge on any atom is 0.0794 e. The summed E-state index contributed by atoms with van der Waals surface area (Å²) in [6.45, 7) is 2.05. The van der Waals surface area contributed by atoms with Gasteiger partial charge in [0.05, 0.1) is 22.0 Å². The zero-order chi connectivity index (χ0) is 12.4. The summed E-state index contributed by atoms with van der Waals surface area (Å²) in [5, 5.41) is 3.27. The van der Waals surface area contributed by atoms with Gasteiger partial charge < -0.3 is 11.1 Å². The third-order valence-electron chi connectivity index (χ3n) is 2.37. The molecule has 3 nitrogen and oxygen atoms in total. The smallest absolute Gasteiger partial charge is 0.0794 e. The average Bonchev–Trinajstić information content (AvgIpc) is 2.28. The lowest BCUT2D eigenvalue weighted by Crippen LogP contribution is -1.98. The van der Waals surface area contributed by atoms with Crippen molar-refractivity contribution in [3.05, 3.63) is 45.1 Å². The number of halogens is 2. The number of nitrogens with zero attached hydrogens (tertiary/aromatic N) is 1. The van der Waals surface area contributed by atoms with Crippen LogP contribution in [0.3, 0.4) is 0 Å². The summed E-state index contributed by atoms with van der Waals surface area (Å²) in [6.07, 6.45) is 3.33. The van der Waals surface area contributed by atoms with E-state index in [1.165, 1.54) is 5.56 Å². The standard InChI is InChI=1S/C12H11Br2N3/c1-7-2-3-8(4-9(7)13)17-12-10(14)5-16-6-11(12)15/h2-6H,15H2,1H3,(H,16,17). The van der Waals surface area contributed by atoms with Crippen LogP contribution in [0.5, 0.6) is 0 Å². The average molecular weight is 357 g/mol. The molecule has 0 bridgehead atoms. The van der Waals surface area contributed by atoms with Crippen LogP contribution < -0.4 is 11.1 Å². The minimum Gasteiger partial charge on any atom is -0.396 e.